The van der Waals surface area contributed by atoms with Gasteiger partial charge in [-0.1, -0.05) is 24.6 Å². The molecule has 0 saturated carbocycles. The number of hydrogen-bond donors (Lipinski definition) is 0. The topological polar surface area (TPSA) is 0 Å². The van der Waals surface area contributed by atoms with Crippen molar-refractivity contribution in [1.29, 1.82) is 0 Å². The van der Waals surface area contributed by atoms with Gasteiger partial charge in [0, 0.05) is 5.57 Å². The fourth-order valence-corrected chi connectivity index (χ4v) is 0.780. The highest BCUT2D eigenvalue weighted by molar-refractivity contribution is 5.23. The molecule has 0 fully saturated rings. The lowest BCUT2D eigenvalue weighted by molar-refractivity contribution is 0.193. The molecule has 0 saturated heterocycles. The van der Waals surface area contributed by atoms with Gasteiger partial charge in [-0.2, -0.15) is 0 Å². The Labute approximate surface area is 66.6 Å². The Bertz CT molecular complexity index is 162. The molecular formula is C9H14F2. The van der Waals surface area contributed by atoms with Crippen molar-refractivity contribution in [3.63, 3.8) is 0 Å². The third-order valence-electron chi connectivity index (χ3n) is 1.15. The highest BCUT2D eigenvalue weighted by Crippen LogP contribution is 2.12. The van der Waals surface area contributed by atoms with Gasteiger partial charge in [0.2, 0.25) is 0 Å². The average molecular weight is 160 g/mol. The molecule has 0 aromatic carbocycles. The van der Waals surface area contributed by atoms with Gasteiger partial charge in [-0.3, -0.25) is 0 Å². The maximum Gasteiger partial charge on any atom is 0.263 e. The summed E-state index contributed by atoms with van der Waals surface area (Å²) in [5, 5.41) is 0. The summed E-state index contributed by atoms with van der Waals surface area (Å²) >= 11 is 0. The first kappa shape index (κ1) is 10.3. The van der Waals surface area contributed by atoms with Crippen LogP contribution in [-0.4, -0.2) is 6.43 Å². The molecule has 0 heterocycles. The SMILES string of the molecule is CC/C=C(\C=C(C)C)C(F)F. The molecule has 0 aliphatic heterocycles. The Hall–Kier alpha value is -0.660. The number of halogens is 2. The van der Waals surface area contributed by atoms with Crippen LogP contribution in [0, 0.1) is 0 Å². The quantitative estimate of drug-likeness (QED) is 0.554. The van der Waals surface area contributed by atoms with Gasteiger partial charge in [0.05, 0.1) is 0 Å². The summed E-state index contributed by atoms with van der Waals surface area (Å²) in [6, 6.07) is 0. The second-order valence-electron chi connectivity index (χ2n) is 2.63. The van der Waals surface area contributed by atoms with E-state index >= 15 is 0 Å². The van der Waals surface area contributed by atoms with E-state index in [-0.39, 0.29) is 5.57 Å². The molecule has 0 N–H and O–H groups in total. The molecular weight excluding hydrogens is 146 g/mol. The van der Waals surface area contributed by atoms with Gasteiger partial charge < -0.3 is 0 Å². The van der Waals surface area contributed by atoms with E-state index in [0.717, 1.165) is 5.57 Å². The summed E-state index contributed by atoms with van der Waals surface area (Å²) < 4.78 is 24.3. The second-order valence-corrected chi connectivity index (χ2v) is 2.63. The molecule has 0 atom stereocenters. The highest BCUT2D eigenvalue weighted by Gasteiger charge is 2.06. The van der Waals surface area contributed by atoms with Crippen LogP contribution in [0.25, 0.3) is 0 Å². The van der Waals surface area contributed by atoms with E-state index in [2.05, 4.69) is 0 Å². The zero-order valence-electron chi connectivity index (χ0n) is 7.20. The van der Waals surface area contributed by atoms with Gasteiger partial charge in [-0.25, -0.2) is 8.78 Å². The van der Waals surface area contributed by atoms with Crippen molar-refractivity contribution >= 4 is 0 Å². The van der Waals surface area contributed by atoms with Crippen LogP contribution in [0.4, 0.5) is 8.78 Å². The van der Waals surface area contributed by atoms with Crippen LogP contribution in [-0.2, 0) is 0 Å². The van der Waals surface area contributed by atoms with E-state index in [1.54, 1.807) is 6.08 Å². The van der Waals surface area contributed by atoms with Crippen molar-refractivity contribution in [3.05, 3.63) is 23.3 Å². The molecule has 64 valence electrons. The van der Waals surface area contributed by atoms with Crippen molar-refractivity contribution in [2.45, 2.75) is 33.6 Å². The summed E-state index contributed by atoms with van der Waals surface area (Å²) in [6.07, 6.45) is 1.39. The minimum absolute atomic E-state index is 0.132. The first-order chi connectivity index (χ1) is 5.07. The molecule has 0 spiro atoms. The highest BCUT2D eigenvalue weighted by atomic mass is 19.3. The van der Waals surface area contributed by atoms with Crippen LogP contribution in [0.5, 0.6) is 0 Å². The van der Waals surface area contributed by atoms with E-state index in [1.807, 2.05) is 20.8 Å². The van der Waals surface area contributed by atoms with E-state index in [0.29, 0.717) is 6.42 Å². The number of allylic oxidation sites excluding steroid dienone is 4. The van der Waals surface area contributed by atoms with Crippen LogP contribution in [0.2, 0.25) is 0 Å². The van der Waals surface area contributed by atoms with Crippen molar-refractivity contribution in [2.75, 3.05) is 0 Å². The van der Waals surface area contributed by atoms with E-state index in [1.165, 1.54) is 6.08 Å². The number of hydrogen-bond acceptors (Lipinski definition) is 0. The summed E-state index contributed by atoms with van der Waals surface area (Å²) in [4.78, 5) is 0. The average Bonchev–Trinajstić information content (AvgIpc) is 1.86. The molecule has 0 nitrogen and oxygen atoms in total. The summed E-state index contributed by atoms with van der Waals surface area (Å²) in [6.45, 7) is 5.47. The van der Waals surface area contributed by atoms with E-state index < -0.39 is 6.43 Å². The molecule has 0 aromatic heterocycles. The van der Waals surface area contributed by atoms with Crippen LogP contribution >= 0.6 is 0 Å². The third kappa shape index (κ3) is 4.71. The lowest BCUT2D eigenvalue weighted by Gasteiger charge is -1.99. The monoisotopic (exact) mass is 160 g/mol. The van der Waals surface area contributed by atoms with Crippen molar-refractivity contribution in [2.24, 2.45) is 0 Å². The zero-order valence-corrected chi connectivity index (χ0v) is 7.20. The Morgan fingerprint density at radius 1 is 1.36 bits per heavy atom. The van der Waals surface area contributed by atoms with Crippen LogP contribution in [0.1, 0.15) is 27.2 Å². The minimum Gasteiger partial charge on any atom is -0.205 e. The second kappa shape index (κ2) is 5.05. The summed E-state index contributed by atoms with van der Waals surface area (Å²) in [5.74, 6) is 0. The number of rotatable bonds is 3. The Balaban J connectivity index is 4.36. The molecule has 0 unspecified atom stereocenters. The Morgan fingerprint density at radius 3 is 2.18 bits per heavy atom. The van der Waals surface area contributed by atoms with Crippen molar-refractivity contribution in [3.8, 4) is 0 Å². The minimum atomic E-state index is -2.34. The van der Waals surface area contributed by atoms with Crippen LogP contribution in [0.3, 0.4) is 0 Å². The van der Waals surface area contributed by atoms with Gasteiger partial charge >= 0.3 is 0 Å². The predicted octanol–water partition coefficient (Wildman–Crippen LogP) is 3.55. The van der Waals surface area contributed by atoms with Crippen molar-refractivity contribution < 1.29 is 8.78 Å². The predicted molar refractivity (Wildman–Crippen MR) is 43.8 cm³/mol. The van der Waals surface area contributed by atoms with E-state index in [9.17, 15) is 8.78 Å². The van der Waals surface area contributed by atoms with Gasteiger partial charge in [0.25, 0.3) is 6.43 Å². The lowest BCUT2D eigenvalue weighted by Crippen LogP contribution is -1.93. The number of alkyl halides is 2. The summed E-state index contributed by atoms with van der Waals surface area (Å²) in [5.41, 5.74) is 1.04. The third-order valence-corrected chi connectivity index (χ3v) is 1.15. The maximum atomic E-state index is 12.1. The molecule has 0 amide bonds. The van der Waals surface area contributed by atoms with Gasteiger partial charge in [0.15, 0.2) is 0 Å². The lowest BCUT2D eigenvalue weighted by atomic mass is 10.1. The smallest absolute Gasteiger partial charge is 0.205 e. The molecule has 2 heteroatoms. The molecule has 11 heavy (non-hydrogen) atoms. The largest absolute Gasteiger partial charge is 0.263 e. The van der Waals surface area contributed by atoms with Crippen LogP contribution in [0.15, 0.2) is 23.3 Å². The molecule has 0 rings (SSSR count). The fourth-order valence-electron chi connectivity index (χ4n) is 0.780. The molecule has 0 aliphatic rings. The molecule has 0 bridgehead atoms. The first-order valence-corrected chi connectivity index (χ1v) is 3.71. The molecule has 0 radical (unpaired) electrons. The standard InChI is InChI=1S/C9H14F2/c1-4-5-8(9(10)11)6-7(2)3/h5-6,9H,4H2,1-3H3/b8-5+. The first-order valence-electron chi connectivity index (χ1n) is 3.71. The van der Waals surface area contributed by atoms with Crippen molar-refractivity contribution in [1.82, 2.24) is 0 Å². The maximum absolute atomic E-state index is 12.1. The van der Waals surface area contributed by atoms with Gasteiger partial charge in [-0.15, -0.1) is 0 Å². The molecule has 0 aliphatic carbocycles. The fraction of sp³-hybridized carbons (Fsp3) is 0.556. The van der Waals surface area contributed by atoms with E-state index in [4.69, 9.17) is 0 Å². The Kier molecular flexibility index (Phi) is 4.75. The Morgan fingerprint density at radius 2 is 1.91 bits per heavy atom. The zero-order chi connectivity index (χ0) is 8.85. The summed E-state index contributed by atoms with van der Waals surface area (Å²) in [7, 11) is 0. The normalized spacial score (nSPS) is 12.0. The van der Waals surface area contributed by atoms with Gasteiger partial charge in [0.1, 0.15) is 0 Å². The molecule has 0 aromatic rings. The van der Waals surface area contributed by atoms with Crippen LogP contribution < -0.4 is 0 Å². The van der Waals surface area contributed by atoms with Gasteiger partial charge in [-0.05, 0) is 20.3 Å².